The van der Waals surface area contributed by atoms with E-state index in [9.17, 15) is 0 Å². The lowest BCUT2D eigenvalue weighted by molar-refractivity contribution is 0.325. The molecule has 3 N–H and O–H groups in total. The lowest BCUT2D eigenvalue weighted by Crippen LogP contribution is -2.28. The van der Waals surface area contributed by atoms with Crippen LogP contribution in [-0.4, -0.2) is 21.4 Å². The highest BCUT2D eigenvalue weighted by Crippen LogP contribution is 2.40. The van der Waals surface area contributed by atoms with Crippen molar-refractivity contribution in [3.63, 3.8) is 0 Å². The molecule has 2 atom stereocenters. The number of fused-ring (bicyclic) bond motifs is 1. The molecule has 2 heterocycles. The zero-order valence-corrected chi connectivity index (χ0v) is 14.1. The summed E-state index contributed by atoms with van der Waals surface area (Å²) in [7, 11) is 0. The van der Waals surface area contributed by atoms with Gasteiger partial charge in [-0.1, -0.05) is 48.5 Å². The summed E-state index contributed by atoms with van der Waals surface area (Å²) in [6, 6.07) is 18.6. The Morgan fingerprint density at radius 3 is 2.72 bits per heavy atom. The van der Waals surface area contributed by atoms with Crippen LogP contribution >= 0.6 is 0 Å². The molecule has 128 valence electrons. The Bertz CT molecular complexity index is 861. The Labute approximate surface area is 146 Å². The van der Waals surface area contributed by atoms with Crippen molar-refractivity contribution >= 4 is 11.9 Å². The fourth-order valence-electron chi connectivity index (χ4n) is 3.40. The summed E-state index contributed by atoms with van der Waals surface area (Å²) in [5.41, 5.74) is 8.18. The van der Waals surface area contributed by atoms with E-state index in [4.69, 9.17) is 10.5 Å². The average molecular weight is 335 g/mol. The van der Waals surface area contributed by atoms with Crippen molar-refractivity contribution in [2.75, 3.05) is 17.7 Å². The van der Waals surface area contributed by atoms with Gasteiger partial charge in [0, 0.05) is 5.56 Å². The van der Waals surface area contributed by atoms with Crippen LogP contribution in [-0.2, 0) is 0 Å². The third kappa shape index (κ3) is 2.91. The third-order valence-corrected chi connectivity index (χ3v) is 4.48. The SMILES string of the molecule is CCOc1ccccc1[C@@H]1C[C@H](c2ccccc2)Nc2nc(N)nn21. The van der Waals surface area contributed by atoms with Gasteiger partial charge in [0.2, 0.25) is 11.9 Å². The van der Waals surface area contributed by atoms with Crippen molar-refractivity contribution < 1.29 is 4.74 Å². The summed E-state index contributed by atoms with van der Waals surface area (Å²) >= 11 is 0. The predicted octanol–water partition coefficient (Wildman–Crippen LogP) is 3.41. The number of benzene rings is 2. The van der Waals surface area contributed by atoms with Gasteiger partial charge in [-0.15, -0.1) is 5.10 Å². The summed E-state index contributed by atoms with van der Waals surface area (Å²) in [5.74, 6) is 1.84. The van der Waals surface area contributed by atoms with E-state index in [0.717, 1.165) is 17.7 Å². The number of rotatable bonds is 4. The van der Waals surface area contributed by atoms with E-state index >= 15 is 0 Å². The lowest BCUT2D eigenvalue weighted by atomic mass is 9.93. The smallest absolute Gasteiger partial charge is 0.241 e. The first-order valence-corrected chi connectivity index (χ1v) is 8.51. The molecule has 0 unspecified atom stereocenters. The fourth-order valence-corrected chi connectivity index (χ4v) is 3.40. The van der Waals surface area contributed by atoms with Gasteiger partial charge in [-0.25, -0.2) is 4.68 Å². The normalized spacial score (nSPS) is 19.1. The summed E-state index contributed by atoms with van der Waals surface area (Å²) in [4.78, 5) is 4.36. The summed E-state index contributed by atoms with van der Waals surface area (Å²) in [6.07, 6.45) is 0.837. The molecule has 3 aromatic rings. The second-order valence-corrected chi connectivity index (χ2v) is 6.07. The number of nitrogen functional groups attached to an aromatic ring is 1. The molecule has 2 aromatic carbocycles. The Morgan fingerprint density at radius 2 is 1.92 bits per heavy atom. The van der Waals surface area contributed by atoms with Gasteiger partial charge in [0.15, 0.2) is 0 Å². The third-order valence-electron chi connectivity index (χ3n) is 4.48. The number of hydrogen-bond donors (Lipinski definition) is 2. The molecule has 0 saturated carbocycles. The van der Waals surface area contributed by atoms with Gasteiger partial charge in [-0.05, 0) is 25.0 Å². The molecule has 0 spiro atoms. The fraction of sp³-hybridized carbons (Fsp3) is 0.263. The predicted molar refractivity (Wildman–Crippen MR) is 97.6 cm³/mol. The molecule has 25 heavy (non-hydrogen) atoms. The van der Waals surface area contributed by atoms with E-state index in [1.165, 1.54) is 5.56 Å². The molecular weight excluding hydrogens is 314 g/mol. The van der Waals surface area contributed by atoms with Crippen molar-refractivity contribution in [3.8, 4) is 5.75 Å². The van der Waals surface area contributed by atoms with Crippen molar-refractivity contribution in [2.24, 2.45) is 0 Å². The molecule has 1 aliphatic rings. The van der Waals surface area contributed by atoms with Gasteiger partial charge >= 0.3 is 0 Å². The van der Waals surface area contributed by atoms with Gasteiger partial charge in [0.25, 0.3) is 0 Å². The van der Waals surface area contributed by atoms with Crippen LogP contribution in [0.1, 0.15) is 36.6 Å². The highest BCUT2D eigenvalue weighted by Gasteiger charge is 2.32. The molecule has 1 aliphatic heterocycles. The standard InChI is InChI=1S/C19H21N5O/c1-2-25-17-11-7-6-10-14(17)16-12-15(13-8-4-3-5-9-13)21-19-22-18(20)23-24(16)19/h3-11,15-16H,2,12H2,1H3,(H3,20,21,22,23)/t15-,16+/m1/s1. The van der Waals surface area contributed by atoms with Crippen LogP contribution in [0.4, 0.5) is 11.9 Å². The zero-order valence-electron chi connectivity index (χ0n) is 14.1. The second kappa shape index (κ2) is 6.47. The van der Waals surface area contributed by atoms with Gasteiger partial charge in [-0.3, -0.25) is 0 Å². The Kier molecular flexibility index (Phi) is 4.01. The lowest BCUT2D eigenvalue weighted by Gasteiger charge is -2.32. The Morgan fingerprint density at radius 1 is 1.16 bits per heavy atom. The molecule has 6 nitrogen and oxygen atoms in total. The van der Waals surface area contributed by atoms with Gasteiger partial charge in [-0.2, -0.15) is 4.98 Å². The van der Waals surface area contributed by atoms with E-state index in [2.05, 4.69) is 33.6 Å². The van der Waals surface area contributed by atoms with Crippen LogP contribution in [0.3, 0.4) is 0 Å². The van der Waals surface area contributed by atoms with Gasteiger partial charge in [0.05, 0.1) is 18.7 Å². The second-order valence-electron chi connectivity index (χ2n) is 6.07. The highest BCUT2D eigenvalue weighted by atomic mass is 16.5. The minimum Gasteiger partial charge on any atom is -0.494 e. The maximum Gasteiger partial charge on any atom is 0.241 e. The van der Waals surface area contributed by atoms with E-state index < -0.39 is 0 Å². The maximum absolute atomic E-state index is 5.87. The number of aromatic nitrogens is 3. The molecular formula is C19H21N5O. The number of anilines is 2. The molecule has 0 amide bonds. The molecule has 6 heteroatoms. The van der Waals surface area contributed by atoms with E-state index in [0.29, 0.717) is 12.6 Å². The van der Waals surface area contributed by atoms with Crippen LogP contribution in [0.25, 0.3) is 0 Å². The molecule has 1 aromatic heterocycles. The van der Waals surface area contributed by atoms with E-state index in [-0.39, 0.29) is 18.0 Å². The number of para-hydroxylation sites is 1. The van der Waals surface area contributed by atoms with E-state index in [1.54, 1.807) is 0 Å². The zero-order chi connectivity index (χ0) is 17.2. The van der Waals surface area contributed by atoms with Crippen LogP contribution in [0.2, 0.25) is 0 Å². The highest BCUT2D eigenvalue weighted by molar-refractivity contribution is 5.44. The summed E-state index contributed by atoms with van der Waals surface area (Å²) in [6.45, 7) is 2.61. The topological polar surface area (TPSA) is 78.0 Å². The van der Waals surface area contributed by atoms with Crippen molar-refractivity contribution in [1.29, 1.82) is 0 Å². The molecule has 4 rings (SSSR count). The van der Waals surface area contributed by atoms with Gasteiger partial charge in [0.1, 0.15) is 5.75 Å². The first kappa shape index (κ1) is 15.5. The summed E-state index contributed by atoms with van der Waals surface area (Å²) in [5, 5.41) is 7.86. The maximum atomic E-state index is 5.87. The molecule has 0 fully saturated rings. The first-order chi connectivity index (χ1) is 12.3. The average Bonchev–Trinajstić information content (AvgIpc) is 3.02. The number of ether oxygens (including phenoxy) is 1. The monoisotopic (exact) mass is 335 g/mol. The minimum atomic E-state index is 0.00834. The molecule has 0 saturated heterocycles. The minimum absolute atomic E-state index is 0.00834. The number of hydrogen-bond acceptors (Lipinski definition) is 5. The number of nitrogens with zero attached hydrogens (tertiary/aromatic N) is 3. The Balaban J connectivity index is 1.78. The van der Waals surface area contributed by atoms with Gasteiger partial charge < -0.3 is 15.8 Å². The van der Waals surface area contributed by atoms with Crippen LogP contribution in [0.5, 0.6) is 5.75 Å². The van der Waals surface area contributed by atoms with Crippen LogP contribution in [0, 0.1) is 0 Å². The molecule has 0 aliphatic carbocycles. The number of nitrogens with one attached hydrogen (secondary N) is 1. The largest absolute Gasteiger partial charge is 0.494 e. The molecule has 0 bridgehead atoms. The van der Waals surface area contributed by atoms with E-state index in [1.807, 2.05) is 48.0 Å². The number of nitrogens with two attached hydrogens (primary N) is 1. The molecule has 0 radical (unpaired) electrons. The van der Waals surface area contributed by atoms with Crippen LogP contribution < -0.4 is 15.8 Å². The van der Waals surface area contributed by atoms with Crippen molar-refractivity contribution in [1.82, 2.24) is 14.8 Å². The van der Waals surface area contributed by atoms with Crippen molar-refractivity contribution in [2.45, 2.75) is 25.4 Å². The van der Waals surface area contributed by atoms with Crippen molar-refractivity contribution in [3.05, 3.63) is 65.7 Å². The summed E-state index contributed by atoms with van der Waals surface area (Å²) < 4.78 is 7.71. The first-order valence-electron chi connectivity index (χ1n) is 8.51. The Hall–Kier alpha value is -3.02. The quantitative estimate of drug-likeness (QED) is 0.764. The van der Waals surface area contributed by atoms with Crippen LogP contribution in [0.15, 0.2) is 54.6 Å².